The molecule has 0 radical (unpaired) electrons. The van der Waals surface area contributed by atoms with E-state index in [1.165, 1.54) is 11.1 Å². The third-order valence-electron chi connectivity index (χ3n) is 2.78. The number of nitrogens with two attached hydrogens (primary N) is 1. The first kappa shape index (κ1) is 13.7. The first-order valence-electron chi connectivity index (χ1n) is 6.31. The second-order valence-electron chi connectivity index (χ2n) is 4.16. The lowest BCUT2D eigenvalue weighted by molar-refractivity contribution is -0.121. The third kappa shape index (κ3) is 5.50. The Morgan fingerprint density at radius 3 is 2.47 bits per heavy atom. The molecule has 3 heteroatoms. The van der Waals surface area contributed by atoms with Crippen molar-refractivity contribution < 1.29 is 4.79 Å². The molecule has 94 valence electrons. The van der Waals surface area contributed by atoms with Crippen LogP contribution in [0.4, 0.5) is 0 Å². The summed E-state index contributed by atoms with van der Waals surface area (Å²) in [5.41, 5.74) is 7.91. The summed E-state index contributed by atoms with van der Waals surface area (Å²) in [5, 5.41) is 2.86. The lowest BCUT2D eigenvalue weighted by atomic mass is 10.1. The molecule has 0 aliphatic carbocycles. The van der Waals surface area contributed by atoms with Crippen molar-refractivity contribution in [2.45, 2.75) is 32.6 Å². The molecule has 3 nitrogen and oxygen atoms in total. The first-order chi connectivity index (χ1) is 8.26. The van der Waals surface area contributed by atoms with Gasteiger partial charge >= 0.3 is 0 Å². The van der Waals surface area contributed by atoms with Gasteiger partial charge in [0.2, 0.25) is 5.91 Å². The van der Waals surface area contributed by atoms with Gasteiger partial charge in [-0.3, -0.25) is 4.79 Å². The standard InChI is InChI=1S/C14H22N2O/c1-2-12-4-6-13(7-5-12)8-9-14(17)16-11-3-10-15/h4-7H,2-3,8-11,15H2,1H3,(H,16,17). The SMILES string of the molecule is CCc1ccc(CCC(=O)NCCCN)cc1. The molecule has 0 bridgehead atoms. The second-order valence-corrected chi connectivity index (χ2v) is 4.16. The number of hydrogen-bond donors (Lipinski definition) is 2. The van der Waals surface area contributed by atoms with Crippen molar-refractivity contribution in [2.75, 3.05) is 13.1 Å². The Bertz CT molecular complexity index is 333. The molecule has 1 aromatic rings. The number of rotatable bonds is 7. The van der Waals surface area contributed by atoms with Crippen LogP contribution in [0.25, 0.3) is 0 Å². The van der Waals surface area contributed by atoms with Gasteiger partial charge in [0.25, 0.3) is 0 Å². The van der Waals surface area contributed by atoms with Crippen LogP contribution in [-0.4, -0.2) is 19.0 Å². The van der Waals surface area contributed by atoms with Crippen molar-refractivity contribution in [1.82, 2.24) is 5.32 Å². The van der Waals surface area contributed by atoms with Crippen LogP contribution in [-0.2, 0) is 17.6 Å². The highest BCUT2D eigenvalue weighted by Gasteiger charge is 2.01. The summed E-state index contributed by atoms with van der Waals surface area (Å²) in [6.45, 7) is 3.45. The molecular weight excluding hydrogens is 212 g/mol. The lowest BCUT2D eigenvalue weighted by Gasteiger charge is -2.05. The van der Waals surface area contributed by atoms with E-state index >= 15 is 0 Å². The smallest absolute Gasteiger partial charge is 0.220 e. The number of hydrogen-bond acceptors (Lipinski definition) is 2. The minimum Gasteiger partial charge on any atom is -0.356 e. The Morgan fingerprint density at radius 1 is 1.24 bits per heavy atom. The van der Waals surface area contributed by atoms with Gasteiger partial charge in [-0.1, -0.05) is 31.2 Å². The number of amides is 1. The van der Waals surface area contributed by atoms with Crippen molar-refractivity contribution in [2.24, 2.45) is 5.73 Å². The van der Waals surface area contributed by atoms with E-state index < -0.39 is 0 Å². The van der Waals surface area contributed by atoms with Gasteiger partial charge in [-0.25, -0.2) is 0 Å². The zero-order chi connectivity index (χ0) is 12.5. The van der Waals surface area contributed by atoms with Crippen LogP contribution in [0.15, 0.2) is 24.3 Å². The van der Waals surface area contributed by atoms with Crippen molar-refractivity contribution in [1.29, 1.82) is 0 Å². The fourth-order valence-corrected chi connectivity index (χ4v) is 1.62. The molecule has 0 spiro atoms. The molecule has 0 fully saturated rings. The zero-order valence-corrected chi connectivity index (χ0v) is 10.5. The number of aryl methyl sites for hydroxylation is 2. The van der Waals surface area contributed by atoms with E-state index in [1.54, 1.807) is 0 Å². The molecule has 0 aliphatic rings. The highest BCUT2D eigenvalue weighted by atomic mass is 16.1. The van der Waals surface area contributed by atoms with Crippen molar-refractivity contribution in [3.05, 3.63) is 35.4 Å². The molecule has 1 rings (SSSR count). The predicted octanol–water partition coefficient (Wildman–Crippen LogP) is 1.65. The number of benzene rings is 1. The molecule has 0 heterocycles. The highest BCUT2D eigenvalue weighted by molar-refractivity contribution is 5.76. The summed E-state index contributed by atoms with van der Waals surface area (Å²) >= 11 is 0. The number of nitrogens with one attached hydrogen (secondary N) is 1. The molecule has 1 aromatic carbocycles. The van der Waals surface area contributed by atoms with Crippen molar-refractivity contribution in [3.8, 4) is 0 Å². The van der Waals surface area contributed by atoms with Crippen LogP contribution < -0.4 is 11.1 Å². The Kier molecular flexibility index (Phi) is 6.33. The van der Waals surface area contributed by atoms with Crippen molar-refractivity contribution in [3.63, 3.8) is 0 Å². The number of carbonyl (C=O) groups excluding carboxylic acids is 1. The monoisotopic (exact) mass is 234 g/mol. The molecule has 1 amide bonds. The van der Waals surface area contributed by atoms with Gasteiger partial charge in [-0.15, -0.1) is 0 Å². The molecule has 17 heavy (non-hydrogen) atoms. The summed E-state index contributed by atoms with van der Waals surface area (Å²) in [5.74, 6) is 0.109. The first-order valence-corrected chi connectivity index (χ1v) is 6.31. The summed E-state index contributed by atoms with van der Waals surface area (Å²) < 4.78 is 0. The summed E-state index contributed by atoms with van der Waals surface area (Å²) in [6, 6.07) is 8.46. The van der Waals surface area contributed by atoms with Crippen LogP contribution in [0.5, 0.6) is 0 Å². The van der Waals surface area contributed by atoms with Gasteiger partial charge in [0.05, 0.1) is 0 Å². The average molecular weight is 234 g/mol. The largest absolute Gasteiger partial charge is 0.356 e. The van der Waals surface area contributed by atoms with Gasteiger partial charge in [-0.2, -0.15) is 0 Å². The second kappa shape index (κ2) is 7.85. The fourth-order valence-electron chi connectivity index (χ4n) is 1.62. The summed E-state index contributed by atoms with van der Waals surface area (Å²) in [6.07, 6.45) is 3.26. The van der Waals surface area contributed by atoms with E-state index in [0.29, 0.717) is 19.5 Å². The molecule has 3 N–H and O–H groups in total. The van der Waals surface area contributed by atoms with E-state index in [9.17, 15) is 4.79 Å². The molecule has 0 saturated heterocycles. The zero-order valence-electron chi connectivity index (χ0n) is 10.5. The van der Waals surface area contributed by atoms with Crippen LogP contribution in [0.3, 0.4) is 0 Å². The quantitative estimate of drug-likeness (QED) is 0.705. The van der Waals surface area contributed by atoms with Crippen molar-refractivity contribution >= 4 is 5.91 Å². The van der Waals surface area contributed by atoms with Crippen LogP contribution in [0.1, 0.15) is 30.9 Å². The van der Waals surface area contributed by atoms with E-state index in [1.807, 2.05) is 0 Å². The maximum atomic E-state index is 11.5. The van der Waals surface area contributed by atoms with E-state index in [4.69, 9.17) is 5.73 Å². The minimum atomic E-state index is 0.109. The average Bonchev–Trinajstić information content (AvgIpc) is 2.37. The molecule has 0 aromatic heterocycles. The normalized spacial score (nSPS) is 10.2. The maximum absolute atomic E-state index is 11.5. The van der Waals surface area contributed by atoms with Crippen LogP contribution in [0.2, 0.25) is 0 Å². The van der Waals surface area contributed by atoms with Gasteiger partial charge in [-0.05, 0) is 36.9 Å². The van der Waals surface area contributed by atoms with E-state index in [0.717, 1.165) is 19.3 Å². The van der Waals surface area contributed by atoms with Crippen LogP contribution >= 0.6 is 0 Å². The van der Waals surface area contributed by atoms with Gasteiger partial charge < -0.3 is 11.1 Å². The molecular formula is C14H22N2O. The minimum absolute atomic E-state index is 0.109. The van der Waals surface area contributed by atoms with Gasteiger partial charge in [0.15, 0.2) is 0 Å². The maximum Gasteiger partial charge on any atom is 0.220 e. The lowest BCUT2D eigenvalue weighted by Crippen LogP contribution is -2.26. The third-order valence-corrected chi connectivity index (χ3v) is 2.78. The highest BCUT2D eigenvalue weighted by Crippen LogP contribution is 2.07. The Morgan fingerprint density at radius 2 is 1.88 bits per heavy atom. The van der Waals surface area contributed by atoms with Gasteiger partial charge in [0, 0.05) is 13.0 Å². The molecule has 0 unspecified atom stereocenters. The Balaban J connectivity index is 2.27. The number of carbonyl (C=O) groups is 1. The van der Waals surface area contributed by atoms with E-state index in [-0.39, 0.29) is 5.91 Å². The summed E-state index contributed by atoms with van der Waals surface area (Å²) in [7, 11) is 0. The topological polar surface area (TPSA) is 55.1 Å². The fraction of sp³-hybridized carbons (Fsp3) is 0.500. The molecule has 0 aliphatic heterocycles. The molecule has 0 saturated carbocycles. The summed E-state index contributed by atoms with van der Waals surface area (Å²) in [4.78, 5) is 11.5. The molecule has 0 atom stereocenters. The predicted molar refractivity (Wildman–Crippen MR) is 70.8 cm³/mol. The Hall–Kier alpha value is -1.35. The van der Waals surface area contributed by atoms with Crippen LogP contribution in [0, 0.1) is 0 Å². The Labute approximate surface area is 103 Å². The van der Waals surface area contributed by atoms with Gasteiger partial charge in [0.1, 0.15) is 0 Å². The van der Waals surface area contributed by atoms with E-state index in [2.05, 4.69) is 36.5 Å².